The van der Waals surface area contributed by atoms with Crippen LogP contribution in [0.5, 0.6) is 5.88 Å². The van der Waals surface area contributed by atoms with Crippen LogP contribution in [0.3, 0.4) is 0 Å². The molecule has 3 heterocycles. The van der Waals surface area contributed by atoms with E-state index in [0.717, 1.165) is 0 Å². The van der Waals surface area contributed by atoms with Gasteiger partial charge in [-0.3, -0.25) is 14.2 Å². The van der Waals surface area contributed by atoms with Crippen molar-refractivity contribution in [3.63, 3.8) is 0 Å². The van der Waals surface area contributed by atoms with Crippen LogP contribution in [-0.2, 0) is 17.9 Å². The molecule has 0 unspecified atom stereocenters. The molecule has 0 aliphatic carbocycles. The van der Waals surface area contributed by atoms with Gasteiger partial charge in [-0.15, -0.1) is 10.2 Å². The zero-order chi connectivity index (χ0) is 20.5. The van der Waals surface area contributed by atoms with E-state index in [1.807, 2.05) is 0 Å². The second-order valence-electron chi connectivity index (χ2n) is 6.40. The fraction of sp³-hybridized carbons (Fsp3) is 0.294. The molecule has 2 aromatic heterocycles. The van der Waals surface area contributed by atoms with Gasteiger partial charge < -0.3 is 14.7 Å². The number of tetrazole rings is 1. The molecule has 29 heavy (non-hydrogen) atoms. The highest BCUT2D eigenvalue weighted by atomic mass is 35.5. The summed E-state index contributed by atoms with van der Waals surface area (Å²) >= 11 is 5.85. The van der Waals surface area contributed by atoms with Crippen molar-refractivity contribution >= 4 is 23.2 Å². The number of likely N-dealkylation sites (N-methyl/N-ethyl adjacent to an activating group) is 1. The Morgan fingerprint density at radius 2 is 2.03 bits per heavy atom. The standard InChI is InChI=1S/C17H16ClN7O4/c1-23-14(27)8-29-16-15(23)17(28)24(9-19-16)7-13-20-22-25(21-13)6-12(26)10-2-4-11(18)5-3-10/h2-5,9,12,26H,6-8H2,1H3/t12-/m0/s1. The molecule has 1 N–H and O–H groups in total. The van der Waals surface area contributed by atoms with Gasteiger partial charge in [0.05, 0.1) is 13.1 Å². The number of amides is 1. The molecular formula is C17H16ClN7O4. The summed E-state index contributed by atoms with van der Waals surface area (Å²) in [6.45, 7) is -0.0823. The Morgan fingerprint density at radius 3 is 2.79 bits per heavy atom. The van der Waals surface area contributed by atoms with Crippen molar-refractivity contribution in [1.29, 1.82) is 0 Å². The third-order valence-corrected chi connectivity index (χ3v) is 4.67. The van der Waals surface area contributed by atoms with Gasteiger partial charge in [0.25, 0.3) is 11.5 Å². The maximum Gasteiger partial charge on any atom is 0.281 e. The number of aliphatic hydroxyl groups is 1. The van der Waals surface area contributed by atoms with Crippen LogP contribution in [0.25, 0.3) is 0 Å². The quantitative estimate of drug-likeness (QED) is 0.615. The first-order valence-electron chi connectivity index (χ1n) is 8.61. The first-order valence-corrected chi connectivity index (χ1v) is 8.99. The van der Waals surface area contributed by atoms with Gasteiger partial charge in [0.1, 0.15) is 12.4 Å². The van der Waals surface area contributed by atoms with Gasteiger partial charge in [-0.05, 0) is 22.9 Å². The van der Waals surface area contributed by atoms with Gasteiger partial charge in [0, 0.05) is 12.1 Å². The number of nitrogens with zero attached hydrogens (tertiary/aromatic N) is 7. The van der Waals surface area contributed by atoms with Gasteiger partial charge in [-0.2, -0.15) is 4.80 Å². The minimum absolute atomic E-state index is 0.00180. The molecule has 4 rings (SSSR count). The predicted molar refractivity (Wildman–Crippen MR) is 101 cm³/mol. The number of aliphatic hydroxyl groups excluding tert-OH is 1. The average molecular weight is 418 g/mol. The maximum absolute atomic E-state index is 12.7. The first-order chi connectivity index (χ1) is 13.9. The molecule has 1 aliphatic heterocycles. The van der Waals surface area contributed by atoms with E-state index >= 15 is 0 Å². The third kappa shape index (κ3) is 3.82. The Hall–Kier alpha value is -3.31. The van der Waals surface area contributed by atoms with E-state index in [4.69, 9.17) is 16.3 Å². The minimum atomic E-state index is -0.848. The molecule has 11 nitrogen and oxygen atoms in total. The van der Waals surface area contributed by atoms with Crippen LogP contribution in [0.15, 0.2) is 35.4 Å². The monoisotopic (exact) mass is 417 g/mol. The Balaban J connectivity index is 1.50. The van der Waals surface area contributed by atoms with Crippen LogP contribution in [-0.4, -0.2) is 54.4 Å². The Labute approximate surface area is 169 Å². The molecule has 0 bridgehead atoms. The fourth-order valence-electron chi connectivity index (χ4n) is 2.83. The molecule has 1 aliphatic rings. The van der Waals surface area contributed by atoms with Crippen LogP contribution in [0, 0.1) is 0 Å². The maximum atomic E-state index is 12.7. The van der Waals surface area contributed by atoms with Crippen molar-refractivity contribution in [3.05, 3.63) is 57.4 Å². The fourth-order valence-corrected chi connectivity index (χ4v) is 2.96. The van der Waals surface area contributed by atoms with Gasteiger partial charge >= 0.3 is 0 Å². The number of halogens is 1. The van der Waals surface area contributed by atoms with E-state index in [1.54, 1.807) is 24.3 Å². The lowest BCUT2D eigenvalue weighted by Crippen LogP contribution is -2.41. The van der Waals surface area contributed by atoms with E-state index in [2.05, 4.69) is 20.4 Å². The lowest BCUT2D eigenvalue weighted by Gasteiger charge is -2.24. The summed E-state index contributed by atoms with van der Waals surface area (Å²) in [5, 5.41) is 22.9. The first kappa shape index (κ1) is 19.0. The molecule has 0 radical (unpaired) electrons. The Morgan fingerprint density at radius 1 is 1.28 bits per heavy atom. The van der Waals surface area contributed by atoms with E-state index in [9.17, 15) is 14.7 Å². The average Bonchev–Trinajstić information content (AvgIpc) is 3.14. The zero-order valence-corrected chi connectivity index (χ0v) is 16.0. The second-order valence-corrected chi connectivity index (χ2v) is 6.84. The molecule has 12 heteroatoms. The molecule has 1 atom stereocenters. The van der Waals surface area contributed by atoms with Crippen LogP contribution in [0.2, 0.25) is 5.02 Å². The number of hydrogen-bond acceptors (Lipinski definition) is 8. The van der Waals surface area contributed by atoms with Gasteiger partial charge in [-0.25, -0.2) is 4.98 Å². The number of fused-ring (bicyclic) bond motifs is 1. The summed E-state index contributed by atoms with van der Waals surface area (Å²) in [6, 6.07) is 6.79. The number of aromatic nitrogens is 6. The van der Waals surface area contributed by atoms with Crippen LogP contribution >= 0.6 is 11.6 Å². The van der Waals surface area contributed by atoms with Gasteiger partial charge in [-0.1, -0.05) is 23.7 Å². The van der Waals surface area contributed by atoms with E-state index in [1.165, 1.54) is 27.6 Å². The molecule has 0 spiro atoms. The van der Waals surface area contributed by atoms with Gasteiger partial charge in [0.15, 0.2) is 18.1 Å². The Bertz CT molecular complexity index is 1110. The summed E-state index contributed by atoms with van der Waals surface area (Å²) in [5.41, 5.74) is 0.272. The topological polar surface area (TPSA) is 128 Å². The molecule has 150 valence electrons. The zero-order valence-electron chi connectivity index (χ0n) is 15.3. The van der Waals surface area contributed by atoms with Crippen molar-refractivity contribution in [3.8, 4) is 5.88 Å². The van der Waals surface area contributed by atoms with Crippen LogP contribution in [0.1, 0.15) is 17.5 Å². The number of rotatable bonds is 5. The van der Waals surface area contributed by atoms with E-state index < -0.39 is 11.7 Å². The number of carbonyl (C=O) groups is 1. The lowest BCUT2D eigenvalue weighted by atomic mass is 10.1. The number of benzene rings is 1. The molecule has 1 aromatic carbocycles. The summed E-state index contributed by atoms with van der Waals surface area (Å²) in [5.74, 6) is 0.0216. The van der Waals surface area contributed by atoms with Gasteiger partial charge in [0.2, 0.25) is 5.88 Å². The Kier molecular flexibility index (Phi) is 4.99. The number of anilines is 1. The smallest absolute Gasteiger partial charge is 0.281 e. The predicted octanol–water partition coefficient (Wildman–Crippen LogP) is 0.0203. The highest BCUT2D eigenvalue weighted by Gasteiger charge is 2.27. The highest BCUT2D eigenvalue weighted by molar-refractivity contribution is 6.30. The van der Waals surface area contributed by atoms with Crippen molar-refractivity contribution in [2.75, 3.05) is 18.6 Å². The third-order valence-electron chi connectivity index (χ3n) is 4.42. The molecule has 1 amide bonds. The van der Waals surface area contributed by atoms with Crippen LogP contribution < -0.4 is 15.2 Å². The summed E-state index contributed by atoms with van der Waals surface area (Å²) < 4.78 is 6.45. The summed E-state index contributed by atoms with van der Waals surface area (Å²) in [4.78, 5) is 31.0. The summed E-state index contributed by atoms with van der Waals surface area (Å²) in [7, 11) is 1.49. The second kappa shape index (κ2) is 7.60. The molecular weight excluding hydrogens is 402 g/mol. The van der Waals surface area contributed by atoms with Crippen molar-refractivity contribution in [2.24, 2.45) is 0 Å². The number of hydrogen-bond donors (Lipinski definition) is 1. The van der Waals surface area contributed by atoms with Crippen molar-refractivity contribution in [1.82, 2.24) is 29.8 Å². The molecule has 0 fully saturated rings. The van der Waals surface area contributed by atoms with E-state index in [-0.39, 0.29) is 43.0 Å². The molecule has 0 saturated carbocycles. The van der Waals surface area contributed by atoms with Crippen molar-refractivity contribution in [2.45, 2.75) is 19.2 Å². The summed E-state index contributed by atoms with van der Waals surface area (Å²) in [6.07, 6.45) is 0.452. The molecule has 0 saturated heterocycles. The van der Waals surface area contributed by atoms with Crippen LogP contribution in [0.4, 0.5) is 5.69 Å². The lowest BCUT2D eigenvalue weighted by molar-refractivity contribution is -0.121. The van der Waals surface area contributed by atoms with E-state index in [0.29, 0.717) is 10.6 Å². The minimum Gasteiger partial charge on any atom is -0.466 e. The number of carbonyl (C=O) groups excluding carboxylic acids is 1. The number of ether oxygens (including phenoxy) is 1. The molecule has 3 aromatic rings. The highest BCUT2D eigenvalue weighted by Crippen LogP contribution is 2.24. The SMILES string of the molecule is CN1C(=O)COc2ncn(Cc3nnn(C[C@H](O)c4ccc(Cl)cc4)n3)c(=O)c21. The largest absolute Gasteiger partial charge is 0.466 e. The van der Waals surface area contributed by atoms with Crippen molar-refractivity contribution < 1.29 is 14.6 Å². The normalized spacial score (nSPS) is 14.4.